The molecule has 0 atom stereocenters. The monoisotopic (exact) mass is 431 g/mol. The lowest BCUT2D eigenvalue weighted by Crippen LogP contribution is -2.28. The summed E-state index contributed by atoms with van der Waals surface area (Å²) in [6, 6.07) is 8.02. The first-order valence-electron chi connectivity index (χ1n) is 8.21. The Morgan fingerprint density at radius 3 is 2.18 bits per heavy atom. The number of hydrogen-bond acceptors (Lipinski definition) is 3. The second-order valence-electron chi connectivity index (χ2n) is 6.55. The maximum Gasteiger partial charge on any atom is 0.534 e. The minimum absolute atomic E-state index is 0.269. The number of halogens is 4. The predicted molar refractivity (Wildman–Crippen MR) is 103 cm³/mol. The van der Waals surface area contributed by atoms with E-state index in [1.165, 1.54) is 6.92 Å². The van der Waals surface area contributed by atoms with Gasteiger partial charge in [0.1, 0.15) is 0 Å². The van der Waals surface area contributed by atoms with Gasteiger partial charge in [0.25, 0.3) is 0 Å². The van der Waals surface area contributed by atoms with Gasteiger partial charge in [-0.05, 0) is 55.7 Å². The minimum Gasteiger partial charge on any atom is -0.375 e. The summed E-state index contributed by atoms with van der Waals surface area (Å²) >= 11 is 5.94. The number of benzene rings is 2. The molecule has 0 N–H and O–H groups in total. The summed E-state index contributed by atoms with van der Waals surface area (Å²) < 4.78 is 68.9. The number of alkyl halides is 3. The highest BCUT2D eigenvalue weighted by Gasteiger charge is 2.49. The van der Waals surface area contributed by atoms with E-state index >= 15 is 0 Å². The summed E-state index contributed by atoms with van der Waals surface area (Å²) in [4.78, 5) is 0. The van der Waals surface area contributed by atoms with Crippen molar-refractivity contribution in [2.24, 2.45) is 7.05 Å². The molecule has 1 aromatic heterocycles. The Kier molecular flexibility index (Phi) is 4.92. The fourth-order valence-electron chi connectivity index (χ4n) is 3.20. The van der Waals surface area contributed by atoms with E-state index in [-0.39, 0.29) is 16.9 Å². The van der Waals surface area contributed by atoms with Gasteiger partial charge in [-0.25, -0.2) is 0 Å². The van der Waals surface area contributed by atoms with Crippen LogP contribution < -0.4 is 4.18 Å². The molecule has 0 fully saturated rings. The molecule has 0 saturated heterocycles. The Morgan fingerprint density at radius 2 is 1.64 bits per heavy atom. The lowest BCUT2D eigenvalue weighted by Gasteiger charge is -2.17. The third-order valence-electron chi connectivity index (χ3n) is 4.84. The highest BCUT2D eigenvalue weighted by Crippen LogP contribution is 2.44. The molecule has 28 heavy (non-hydrogen) atoms. The number of rotatable bonds is 3. The van der Waals surface area contributed by atoms with Crippen molar-refractivity contribution in [1.29, 1.82) is 0 Å². The van der Waals surface area contributed by atoms with Crippen molar-refractivity contribution in [1.82, 2.24) is 4.57 Å². The van der Waals surface area contributed by atoms with Gasteiger partial charge in [0.2, 0.25) is 0 Å². The van der Waals surface area contributed by atoms with Crippen LogP contribution in [0.5, 0.6) is 5.75 Å². The predicted octanol–water partition coefficient (Wildman–Crippen LogP) is 5.65. The first-order valence-corrected chi connectivity index (χ1v) is 9.99. The number of aromatic nitrogens is 1. The van der Waals surface area contributed by atoms with Crippen LogP contribution in [0, 0.1) is 20.8 Å². The molecule has 0 radical (unpaired) electrons. The van der Waals surface area contributed by atoms with Gasteiger partial charge < -0.3 is 8.75 Å². The Labute approximate surface area is 165 Å². The summed E-state index contributed by atoms with van der Waals surface area (Å²) in [6.07, 6.45) is 0. The van der Waals surface area contributed by atoms with E-state index in [0.29, 0.717) is 16.0 Å². The van der Waals surface area contributed by atoms with E-state index in [0.717, 1.165) is 16.8 Å². The summed E-state index contributed by atoms with van der Waals surface area (Å²) in [6.45, 7) is 5.22. The minimum atomic E-state index is -5.83. The normalized spacial score (nSPS) is 12.6. The average molecular weight is 432 g/mol. The molecule has 0 aliphatic carbocycles. The molecular formula is C19H17ClF3NO3S. The van der Waals surface area contributed by atoms with Crippen LogP contribution in [-0.4, -0.2) is 18.5 Å². The van der Waals surface area contributed by atoms with Crippen molar-refractivity contribution < 1.29 is 25.8 Å². The van der Waals surface area contributed by atoms with Crippen LogP contribution >= 0.6 is 11.6 Å². The van der Waals surface area contributed by atoms with Crippen LogP contribution in [0.15, 0.2) is 30.3 Å². The molecule has 0 amide bonds. The van der Waals surface area contributed by atoms with Gasteiger partial charge in [0, 0.05) is 34.2 Å². The van der Waals surface area contributed by atoms with Crippen molar-refractivity contribution in [3.63, 3.8) is 0 Å². The van der Waals surface area contributed by atoms with Crippen molar-refractivity contribution in [3.05, 3.63) is 52.2 Å². The van der Waals surface area contributed by atoms with Gasteiger partial charge in [-0.15, -0.1) is 0 Å². The van der Waals surface area contributed by atoms with Gasteiger partial charge in [0.15, 0.2) is 5.75 Å². The molecule has 0 spiro atoms. The molecule has 0 saturated carbocycles. The number of nitrogens with zero attached hydrogens (tertiary/aromatic N) is 1. The van der Waals surface area contributed by atoms with Crippen LogP contribution in [0.3, 0.4) is 0 Å². The van der Waals surface area contributed by atoms with E-state index in [1.54, 1.807) is 30.3 Å². The number of fused-ring (bicyclic) bond motifs is 1. The Bertz CT molecular complexity index is 1180. The Balaban J connectivity index is 2.44. The largest absolute Gasteiger partial charge is 0.534 e. The second kappa shape index (κ2) is 6.70. The van der Waals surface area contributed by atoms with E-state index in [4.69, 9.17) is 11.6 Å². The second-order valence-corrected chi connectivity index (χ2v) is 8.53. The van der Waals surface area contributed by atoms with Crippen LogP contribution in [0.25, 0.3) is 22.0 Å². The first-order chi connectivity index (χ1) is 12.8. The highest BCUT2D eigenvalue weighted by atomic mass is 35.5. The number of aryl methyl sites for hydroxylation is 3. The molecule has 0 bridgehead atoms. The molecule has 2 aromatic carbocycles. The molecule has 9 heteroatoms. The number of hydrogen-bond donors (Lipinski definition) is 0. The Morgan fingerprint density at radius 1 is 1.07 bits per heavy atom. The van der Waals surface area contributed by atoms with Crippen LogP contribution in [0.1, 0.15) is 16.8 Å². The van der Waals surface area contributed by atoms with E-state index in [9.17, 15) is 21.6 Å². The van der Waals surface area contributed by atoms with Crippen molar-refractivity contribution >= 4 is 32.6 Å². The Hall–Kier alpha value is -2.19. The summed E-state index contributed by atoms with van der Waals surface area (Å²) in [5.41, 5.74) is -2.01. The first kappa shape index (κ1) is 20.5. The summed E-state index contributed by atoms with van der Waals surface area (Å²) in [5.74, 6) is -0.346. The smallest absolute Gasteiger partial charge is 0.375 e. The van der Waals surface area contributed by atoms with E-state index in [1.807, 2.05) is 25.5 Å². The average Bonchev–Trinajstić information content (AvgIpc) is 2.80. The van der Waals surface area contributed by atoms with Gasteiger partial charge >= 0.3 is 15.6 Å². The molecule has 3 aromatic rings. The molecule has 0 unspecified atom stereocenters. The fraction of sp³-hybridized carbons (Fsp3) is 0.263. The summed E-state index contributed by atoms with van der Waals surface area (Å²) in [7, 11) is -3.99. The summed E-state index contributed by atoms with van der Waals surface area (Å²) in [5, 5.41) is 1.07. The van der Waals surface area contributed by atoms with Crippen LogP contribution in [-0.2, 0) is 17.2 Å². The fourth-order valence-corrected chi connectivity index (χ4v) is 3.85. The van der Waals surface area contributed by atoms with Crippen LogP contribution in [0.2, 0.25) is 5.02 Å². The zero-order valence-corrected chi connectivity index (χ0v) is 17.1. The molecule has 3 rings (SSSR count). The zero-order valence-electron chi connectivity index (χ0n) is 15.5. The molecule has 1 heterocycles. The van der Waals surface area contributed by atoms with Gasteiger partial charge in [0.05, 0.1) is 0 Å². The van der Waals surface area contributed by atoms with Crippen molar-refractivity contribution in [3.8, 4) is 16.9 Å². The quantitative estimate of drug-likeness (QED) is 0.397. The molecule has 150 valence electrons. The van der Waals surface area contributed by atoms with Gasteiger partial charge in [-0.3, -0.25) is 0 Å². The van der Waals surface area contributed by atoms with Crippen molar-refractivity contribution in [2.45, 2.75) is 26.3 Å². The zero-order chi connectivity index (χ0) is 21.0. The molecule has 0 aliphatic heterocycles. The van der Waals surface area contributed by atoms with Gasteiger partial charge in [-0.2, -0.15) is 21.6 Å². The van der Waals surface area contributed by atoms with E-state index in [2.05, 4.69) is 4.18 Å². The maximum atomic E-state index is 13.0. The highest BCUT2D eigenvalue weighted by molar-refractivity contribution is 7.88. The third-order valence-corrected chi connectivity index (χ3v) is 6.04. The lowest BCUT2D eigenvalue weighted by atomic mass is 9.95. The third kappa shape index (κ3) is 3.24. The van der Waals surface area contributed by atoms with Crippen molar-refractivity contribution in [2.75, 3.05) is 0 Å². The lowest BCUT2D eigenvalue weighted by molar-refractivity contribution is -0.0499. The maximum absolute atomic E-state index is 13.0. The van der Waals surface area contributed by atoms with Crippen LogP contribution in [0.4, 0.5) is 13.2 Å². The SMILES string of the molecule is Cc1cc2c(c(C)c(C)n2C)c(-c2ccc(Cl)cc2)c1OS(=O)(=O)C(F)(F)F. The molecular weight excluding hydrogens is 415 g/mol. The molecule has 0 aliphatic rings. The molecule has 4 nitrogen and oxygen atoms in total. The van der Waals surface area contributed by atoms with Gasteiger partial charge in [-0.1, -0.05) is 23.7 Å². The standard InChI is InChI=1S/C19H17ClF3NO3S/c1-10-9-15-16(11(2)12(3)24(15)4)17(13-5-7-14(20)8-6-13)18(10)27-28(25,26)19(21,22)23/h5-9H,1-4H3. The topological polar surface area (TPSA) is 48.3 Å². The van der Waals surface area contributed by atoms with E-state index < -0.39 is 15.6 Å².